The van der Waals surface area contributed by atoms with Crippen LogP contribution in [-0.4, -0.2) is 125 Å². The van der Waals surface area contributed by atoms with Crippen LogP contribution < -0.4 is 16.4 Å². The molecule has 4 amide bonds. The van der Waals surface area contributed by atoms with E-state index in [2.05, 4.69) is 62.7 Å². The van der Waals surface area contributed by atoms with Crippen LogP contribution in [0.25, 0.3) is 22.8 Å². The summed E-state index contributed by atoms with van der Waals surface area (Å²) in [5.74, 6) is -0.229. The Balaban J connectivity index is 0.702. The highest BCUT2D eigenvalue weighted by molar-refractivity contribution is 6.02. The fourth-order valence-corrected chi connectivity index (χ4v) is 10.1. The summed E-state index contributed by atoms with van der Waals surface area (Å²) in [6, 6.07) is 17.9. The highest BCUT2D eigenvalue weighted by Crippen LogP contribution is 2.40. The first-order valence-corrected chi connectivity index (χ1v) is 22.7. The Morgan fingerprint density at radius 1 is 0.844 bits per heavy atom. The van der Waals surface area contributed by atoms with Crippen molar-refractivity contribution >= 4 is 46.8 Å². The molecule has 0 bridgehead atoms. The van der Waals surface area contributed by atoms with Crippen molar-refractivity contribution in [2.75, 3.05) is 76.5 Å². The number of nitrogens with two attached hydrogens (primary N) is 1. The molecule has 4 N–H and O–H groups in total. The van der Waals surface area contributed by atoms with Gasteiger partial charge in [0.05, 0.1) is 11.3 Å². The number of piperazine rings is 1. The molecular weight excluding hydrogens is 810 g/mol. The fourth-order valence-electron chi connectivity index (χ4n) is 10.1. The van der Waals surface area contributed by atoms with Crippen molar-refractivity contribution in [1.82, 2.24) is 34.9 Å². The molecule has 4 saturated heterocycles. The van der Waals surface area contributed by atoms with Crippen molar-refractivity contribution in [3.8, 4) is 11.1 Å². The van der Waals surface area contributed by atoms with Gasteiger partial charge in [-0.05, 0) is 135 Å². The highest BCUT2D eigenvalue weighted by atomic mass is 19.1. The lowest BCUT2D eigenvalue weighted by molar-refractivity contribution is -0.133. The van der Waals surface area contributed by atoms with Gasteiger partial charge in [-0.25, -0.2) is 9.37 Å². The SMILES string of the molecule is C/C=C1\C(CN2CCC(c3ccc(C(=O)N4CCC(CN5CCN(C(=O)c6ccc(NC7CCC(=O)NC7=O)cc6F)CC5)CC4)cc3)CC2)=Cc2c(-c3ccc(N)nc3)ccnc21. The van der Waals surface area contributed by atoms with Gasteiger partial charge in [-0.2, -0.15) is 0 Å². The van der Waals surface area contributed by atoms with Gasteiger partial charge in [0, 0.05) is 99.1 Å². The lowest BCUT2D eigenvalue weighted by Crippen LogP contribution is -2.50. The topological polar surface area (TPSA) is 157 Å². The van der Waals surface area contributed by atoms with Crippen molar-refractivity contribution < 1.29 is 23.6 Å². The first kappa shape index (κ1) is 43.0. The van der Waals surface area contributed by atoms with E-state index in [-0.39, 0.29) is 29.7 Å². The maximum absolute atomic E-state index is 15.1. The van der Waals surface area contributed by atoms with Crippen LogP contribution in [0.2, 0.25) is 0 Å². The van der Waals surface area contributed by atoms with Gasteiger partial charge in [0.1, 0.15) is 17.7 Å². The minimum Gasteiger partial charge on any atom is -0.384 e. The Kier molecular flexibility index (Phi) is 12.7. The monoisotopic (exact) mass is 865 g/mol. The first-order chi connectivity index (χ1) is 31.1. The molecule has 0 radical (unpaired) electrons. The number of carbonyl (C=O) groups excluding carboxylic acids is 4. The molecule has 2 aromatic carbocycles. The van der Waals surface area contributed by atoms with Crippen LogP contribution in [0.15, 0.2) is 84.7 Å². The first-order valence-electron chi connectivity index (χ1n) is 22.7. The number of allylic oxidation sites excluding steroid dienone is 1. The number of nitrogens with one attached hydrogen (secondary N) is 2. The molecule has 0 saturated carbocycles. The number of pyridine rings is 2. The van der Waals surface area contributed by atoms with Crippen LogP contribution in [-0.2, 0) is 9.59 Å². The van der Waals surface area contributed by atoms with E-state index in [1.54, 1.807) is 11.0 Å². The molecule has 13 nitrogen and oxygen atoms in total. The normalized spacial score (nSPS) is 20.9. The number of carbonyl (C=O) groups is 4. The van der Waals surface area contributed by atoms with Gasteiger partial charge in [-0.15, -0.1) is 0 Å². The number of fused-ring (bicyclic) bond motifs is 1. The summed E-state index contributed by atoms with van der Waals surface area (Å²) in [6.07, 6.45) is 12.7. The average Bonchev–Trinajstić information content (AvgIpc) is 3.68. The van der Waals surface area contributed by atoms with Gasteiger partial charge < -0.3 is 20.9 Å². The molecule has 1 atom stereocenters. The second-order valence-corrected chi connectivity index (χ2v) is 17.8. The van der Waals surface area contributed by atoms with Crippen LogP contribution in [0.3, 0.4) is 0 Å². The minimum atomic E-state index is -0.648. The Hall–Kier alpha value is -6.25. The highest BCUT2D eigenvalue weighted by Gasteiger charge is 2.31. The smallest absolute Gasteiger partial charge is 0.256 e. The van der Waals surface area contributed by atoms with E-state index in [1.807, 2.05) is 41.6 Å². The largest absolute Gasteiger partial charge is 0.384 e. The number of nitrogen functional groups attached to an aromatic ring is 1. The van der Waals surface area contributed by atoms with E-state index < -0.39 is 17.8 Å². The predicted molar refractivity (Wildman–Crippen MR) is 246 cm³/mol. The molecule has 1 unspecified atom stereocenters. The standard InChI is InChI=1S/C50H56FN9O4/c1-2-39-37(27-42-40(13-18-53-47(39)42)36-7-11-45(52)54-29-36)31-57-19-16-34(17-20-57)33-3-5-35(6-4-33)49(63)59-21-14-32(15-22-59)30-58-23-25-60(26-24-58)50(64)41-9-8-38(28-43(41)51)55-44-10-12-46(61)56-48(44)62/h2-9,11,13,18,27-29,32,34,44,55H,10,12,14-17,19-26,30-31H2,1H3,(H2,52,54)(H,56,61,62)/b39-2+. The van der Waals surface area contributed by atoms with Crippen molar-refractivity contribution in [1.29, 1.82) is 0 Å². The lowest BCUT2D eigenvalue weighted by Gasteiger charge is -2.39. The van der Waals surface area contributed by atoms with Crippen LogP contribution in [0, 0.1) is 11.7 Å². The Morgan fingerprint density at radius 3 is 2.28 bits per heavy atom. The summed E-state index contributed by atoms with van der Waals surface area (Å²) in [5, 5.41) is 5.25. The van der Waals surface area contributed by atoms with Gasteiger partial charge in [-0.1, -0.05) is 18.2 Å². The molecule has 1 aliphatic carbocycles. The number of benzene rings is 2. The molecule has 0 spiro atoms. The number of likely N-dealkylation sites (tertiary alicyclic amines) is 2. The maximum Gasteiger partial charge on any atom is 0.256 e. The van der Waals surface area contributed by atoms with Crippen molar-refractivity contribution in [3.05, 3.63) is 118 Å². The van der Waals surface area contributed by atoms with E-state index in [0.29, 0.717) is 55.9 Å². The fraction of sp³-hybridized carbons (Fsp3) is 0.400. The Labute approximate surface area is 373 Å². The molecule has 64 heavy (non-hydrogen) atoms. The number of halogens is 1. The van der Waals surface area contributed by atoms with E-state index >= 15 is 4.39 Å². The number of nitrogens with zero attached hydrogens (tertiary/aromatic N) is 6. The summed E-state index contributed by atoms with van der Waals surface area (Å²) < 4.78 is 15.1. The van der Waals surface area contributed by atoms with E-state index in [0.717, 1.165) is 92.9 Å². The zero-order valence-electron chi connectivity index (χ0n) is 36.4. The van der Waals surface area contributed by atoms with Gasteiger partial charge in [0.2, 0.25) is 11.8 Å². The zero-order valence-corrected chi connectivity index (χ0v) is 36.4. The number of hydrogen-bond acceptors (Lipinski definition) is 10. The predicted octanol–water partition coefficient (Wildman–Crippen LogP) is 6.07. The second-order valence-electron chi connectivity index (χ2n) is 17.8. The second kappa shape index (κ2) is 18.8. The van der Waals surface area contributed by atoms with Crippen LogP contribution >= 0.6 is 0 Å². The lowest BCUT2D eigenvalue weighted by atomic mass is 9.88. The Bertz CT molecular complexity index is 2470. The number of hydrogen-bond donors (Lipinski definition) is 3. The molecule has 4 aromatic rings. The molecule has 332 valence electrons. The summed E-state index contributed by atoms with van der Waals surface area (Å²) in [7, 11) is 0. The number of imide groups is 1. The third-order valence-electron chi connectivity index (χ3n) is 13.8. The third-order valence-corrected chi connectivity index (χ3v) is 13.8. The van der Waals surface area contributed by atoms with E-state index in [4.69, 9.17) is 10.7 Å². The van der Waals surface area contributed by atoms with Crippen molar-refractivity contribution in [2.24, 2.45) is 5.92 Å². The summed E-state index contributed by atoms with van der Waals surface area (Å²) >= 11 is 0. The third kappa shape index (κ3) is 9.34. The van der Waals surface area contributed by atoms with E-state index in [9.17, 15) is 19.2 Å². The number of amides is 4. The molecule has 2 aromatic heterocycles. The number of piperidine rings is 3. The Morgan fingerprint density at radius 2 is 1.59 bits per heavy atom. The molecule has 14 heteroatoms. The molecule has 5 aliphatic rings. The molecule has 6 heterocycles. The average molecular weight is 866 g/mol. The quantitative estimate of drug-likeness (QED) is 0.160. The van der Waals surface area contributed by atoms with Gasteiger partial charge in [0.25, 0.3) is 11.8 Å². The van der Waals surface area contributed by atoms with Gasteiger partial charge in [0.15, 0.2) is 0 Å². The summed E-state index contributed by atoms with van der Waals surface area (Å²) in [5.41, 5.74) is 15.1. The molecule has 4 aliphatic heterocycles. The van der Waals surface area contributed by atoms with Crippen molar-refractivity contribution in [3.63, 3.8) is 0 Å². The summed E-state index contributed by atoms with van der Waals surface area (Å²) in [4.78, 5) is 68.1. The summed E-state index contributed by atoms with van der Waals surface area (Å²) in [6.45, 7) is 9.76. The van der Waals surface area contributed by atoms with E-state index in [1.165, 1.54) is 28.8 Å². The minimum absolute atomic E-state index is 0.000614. The van der Waals surface area contributed by atoms with Crippen molar-refractivity contribution in [2.45, 2.75) is 57.4 Å². The van der Waals surface area contributed by atoms with Crippen LogP contribution in [0.4, 0.5) is 15.9 Å². The van der Waals surface area contributed by atoms with Crippen LogP contribution in [0.5, 0.6) is 0 Å². The number of rotatable bonds is 10. The molecular formula is C50H56FN9O4. The van der Waals surface area contributed by atoms with Gasteiger partial charge in [-0.3, -0.25) is 39.3 Å². The molecule has 4 fully saturated rings. The van der Waals surface area contributed by atoms with Gasteiger partial charge >= 0.3 is 0 Å². The zero-order chi connectivity index (χ0) is 44.3. The van der Waals surface area contributed by atoms with Crippen LogP contribution in [0.1, 0.15) is 88.9 Å². The number of anilines is 2. The number of aromatic nitrogens is 2. The molecule has 9 rings (SSSR count). The maximum atomic E-state index is 15.1.